The molecule has 0 aromatic carbocycles. The highest BCUT2D eigenvalue weighted by molar-refractivity contribution is 5.58. The first-order chi connectivity index (χ1) is 9.83. The van der Waals surface area contributed by atoms with Crippen LogP contribution in [-0.4, -0.2) is 41.4 Å². The Hall–Kier alpha value is -2.01. The van der Waals surface area contributed by atoms with Crippen LogP contribution in [0.4, 0.5) is 5.82 Å². The second-order valence-corrected chi connectivity index (χ2v) is 5.27. The van der Waals surface area contributed by atoms with E-state index in [1.165, 1.54) is 0 Å². The molecule has 0 amide bonds. The van der Waals surface area contributed by atoms with Gasteiger partial charge >= 0.3 is 0 Å². The van der Waals surface area contributed by atoms with Gasteiger partial charge in [0.2, 0.25) is 0 Å². The second kappa shape index (κ2) is 5.96. The van der Waals surface area contributed by atoms with E-state index in [0.717, 1.165) is 43.3 Å². The van der Waals surface area contributed by atoms with E-state index in [0.29, 0.717) is 5.92 Å². The van der Waals surface area contributed by atoms with Crippen molar-refractivity contribution in [2.45, 2.75) is 6.92 Å². The summed E-state index contributed by atoms with van der Waals surface area (Å²) in [6.45, 7) is 6.32. The lowest BCUT2D eigenvalue weighted by Crippen LogP contribution is -2.30. The second-order valence-electron chi connectivity index (χ2n) is 5.27. The number of pyridine rings is 1. The van der Waals surface area contributed by atoms with Crippen LogP contribution in [0.15, 0.2) is 36.7 Å². The summed E-state index contributed by atoms with van der Waals surface area (Å²) >= 11 is 0. The molecule has 1 N–H and O–H groups in total. The van der Waals surface area contributed by atoms with Crippen molar-refractivity contribution in [1.29, 1.82) is 0 Å². The Balaban J connectivity index is 1.79. The first-order valence-electron chi connectivity index (χ1n) is 7.03. The van der Waals surface area contributed by atoms with Gasteiger partial charge in [-0.1, -0.05) is 6.92 Å². The number of aromatic nitrogens is 3. The van der Waals surface area contributed by atoms with Crippen LogP contribution in [0.2, 0.25) is 0 Å². The molecule has 104 valence electrons. The Morgan fingerprint density at radius 1 is 1.15 bits per heavy atom. The standard InChI is InChI=1S/C15H19N5/c1-12-10-17-8-9-20(11-12)15-3-2-14(18-19-15)13-4-6-16-7-5-13/h2-7,12,17H,8-11H2,1H3. The molecule has 0 bridgehead atoms. The number of nitrogens with one attached hydrogen (secondary N) is 1. The highest BCUT2D eigenvalue weighted by atomic mass is 15.3. The number of nitrogens with zero attached hydrogens (tertiary/aromatic N) is 4. The molecule has 1 aliphatic heterocycles. The minimum Gasteiger partial charge on any atom is -0.354 e. The van der Waals surface area contributed by atoms with Crippen molar-refractivity contribution in [2.75, 3.05) is 31.1 Å². The van der Waals surface area contributed by atoms with Crippen LogP contribution in [0.1, 0.15) is 6.92 Å². The van der Waals surface area contributed by atoms with E-state index in [2.05, 4.69) is 38.4 Å². The maximum atomic E-state index is 4.38. The molecule has 1 atom stereocenters. The van der Waals surface area contributed by atoms with Gasteiger partial charge in [-0.15, -0.1) is 10.2 Å². The van der Waals surface area contributed by atoms with Gasteiger partial charge in [-0.2, -0.15) is 0 Å². The van der Waals surface area contributed by atoms with Gasteiger partial charge in [0, 0.05) is 37.6 Å². The predicted molar refractivity (Wildman–Crippen MR) is 79.5 cm³/mol. The maximum absolute atomic E-state index is 4.38. The Morgan fingerprint density at radius 2 is 2.00 bits per heavy atom. The van der Waals surface area contributed by atoms with Gasteiger partial charge < -0.3 is 10.2 Å². The zero-order valence-corrected chi connectivity index (χ0v) is 11.7. The van der Waals surface area contributed by atoms with E-state index >= 15 is 0 Å². The van der Waals surface area contributed by atoms with Crippen LogP contribution in [0.25, 0.3) is 11.3 Å². The van der Waals surface area contributed by atoms with Gasteiger partial charge in [-0.05, 0) is 36.7 Å². The fraction of sp³-hybridized carbons (Fsp3) is 0.400. The third kappa shape index (κ3) is 2.93. The Morgan fingerprint density at radius 3 is 2.75 bits per heavy atom. The van der Waals surface area contributed by atoms with Crippen LogP contribution >= 0.6 is 0 Å². The fourth-order valence-corrected chi connectivity index (χ4v) is 2.47. The summed E-state index contributed by atoms with van der Waals surface area (Å²) in [6, 6.07) is 7.98. The van der Waals surface area contributed by atoms with Gasteiger partial charge in [-0.3, -0.25) is 4.98 Å². The van der Waals surface area contributed by atoms with Crippen LogP contribution in [0, 0.1) is 5.92 Å². The van der Waals surface area contributed by atoms with Crippen molar-refractivity contribution in [3.8, 4) is 11.3 Å². The summed E-state index contributed by atoms with van der Waals surface area (Å²) in [5.41, 5.74) is 1.93. The monoisotopic (exact) mass is 269 g/mol. The van der Waals surface area contributed by atoms with Crippen LogP contribution in [0.3, 0.4) is 0 Å². The molecule has 3 heterocycles. The molecule has 1 fully saturated rings. The number of anilines is 1. The van der Waals surface area contributed by atoms with Crippen LogP contribution in [-0.2, 0) is 0 Å². The third-order valence-corrected chi connectivity index (χ3v) is 3.53. The Kier molecular flexibility index (Phi) is 3.87. The minimum atomic E-state index is 0.624. The number of hydrogen-bond donors (Lipinski definition) is 1. The average molecular weight is 269 g/mol. The minimum absolute atomic E-state index is 0.624. The molecule has 1 aliphatic rings. The molecule has 0 radical (unpaired) electrons. The molecule has 0 saturated carbocycles. The van der Waals surface area contributed by atoms with Crippen molar-refractivity contribution in [3.05, 3.63) is 36.7 Å². The van der Waals surface area contributed by atoms with Crippen molar-refractivity contribution in [3.63, 3.8) is 0 Å². The molecule has 5 heteroatoms. The summed E-state index contributed by atoms with van der Waals surface area (Å²) in [7, 11) is 0. The van der Waals surface area contributed by atoms with Crippen molar-refractivity contribution < 1.29 is 0 Å². The van der Waals surface area contributed by atoms with Gasteiger partial charge in [-0.25, -0.2) is 0 Å². The van der Waals surface area contributed by atoms with Gasteiger partial charge in [0.05, 0.1) is 5.69 Å². The molecule has 0 spiro atoms. The molecule has 5 nitrogen and oxygen atoms in total. The van der Waals surface area contributed by atoms with E-state index in [1.54, 1.807) is 12.4 Å². The highest BCUT2D eigenvalue weighted by Gasteiger charge is 2.16. The first kappa shape index (κ1) is 13.0. The molecule has 2 aromatic rings. The zero-order chi connectivity index (χ0) is 13.8. The van der Waals surface area contributed by atoms with E-state index in [-0.39, 0.29) is 0 Å². The molecule has 0 aliphatic carbocycles. The van der Waals surface area contributed by atoms with Crippen molar-refractivity contribution in [1.82, 2.24) is 20.5 Å². The van der Waals surface area contributed by atoms with Gasteiger partial charge in [0.25, 0.3) is 0 Å². The number of hydrogen-bond acceptors (Lipinski definition) is 5. The lowest BCUT2D eigenvalue weighted by molar-refractivity contribution is 0.562. The van der Waals surface area contributed by atoms with Crippen LogP contribution in [0.5, 0.6) is 0 Å². The predicted octanol–water partition coefficient (Wildman–Crippen LogP) is 1.58. The number of rotatable bonds is 2. The average Bonchev–Trinajstić information content (AvgIpc) is 2.73. The van der Waals surface area contributed by atoms with Gasteiger partial charge in [0.1, 0.15) is 0 Å². The molecule has 2 aromatic heterocycles. The topological polar surface area (TPSA) is 53.9 Å². The molecular weight excluding hydrogens is 250 g/mol. The maximum Gasteiger partial charge on any atom is 0.151 e. The van der Waals surface area contributed by atoms with E-state index in [1.807, 2.05) is 18.2 Å². The summed E-state index contributed by atoms with van der Waals surface area (Å²) in [6.07, 6.45) is 3.54. The quantitative estimate of drug-likeness (QED) is 0.897. The van der Waals surface area contributed by atoms with Crippen LogP contribution < -0.4 is 10.2 Å². The highest BCUT2D eigenvalue weighted by Crippen LogP contribution is 2.18. The summed E-state index contributed by atoms with van der Waals surface area (Å²) in [5.74, 6) is 1.58. The Bertz CT molecular complexity index is 540. The third-order valence-electron chi connectivity index (χ3n) is 3.53. The smallest absolute Gasteiger partial charge is 0.151 e. The fourth-order valence-electron chi connectivity index (χ4n) is 2.47. The van der Waals surface area contributed by atoms with E-state index in [9.17, 15) is 0 Å². The van der Waals surface area contributed by atoms with E-state index < -0.39 is 0 Å². The summed E-state index contributed by atoms with van der Waals surface area (Å²) in [5, 5.41) is 12.2. The van der Waals surface area contributed by atoms with Gasteiger partial charge in [0.15, 0.2) is 5.82 Å². The lowest BCUT2D eigenvalue weighted by Gasteiger charge is -2.22. The summed E-state index contributed by atoms with van der Waals surface area (Å²) in [4.78, 5) is 6.32. The molecular formula is C15H19N5. The largest absolute Gasteiger partial charge is 0.354 e. The lowest BCUT2D eigenvalue weighted by atomic mass is 10.1. The molecule has 3 rings (SSSR count). The molecule has 1 unspecified atom stereocenters. The molecule has 20 heavy (non-hydrogen) atoms. The normalized spacial score (nSPS) is 19.6. The zero-order valence-electron chi connectivity index (χ0n) is 11.7. The Labute approximate surface area is 119 Å². The molecule has 1 saturated heterocycles. The summed E-state index contributed by atoms with van der Waals surface area (Å²) < 4.78 is 0. The van der Waals surface area contributed by atoms with Crippen molar-refractivity contribution >= 4 is 5.82 Å². The first-order valence-corrected chi connectivity index (χ1v) is 7.03. The van der Waals surface area contributed by atoms with E-state index in [4.69, 9.17) is 0 Å². The SMILES string of the molecule is CC1CNCCN(c2ccc(-c3ccncc3)nn2)C1. The van der Waals surface area contributed by atoms with Crippen molar-refractivity contribution in [2.24, 2.45) is 5.92 Å².